The molecule has 358 valence electrons. The molecule has 0 saturated heterocycles. The molecule has 0 heterocycles. The van der Waals surface area contributed by atoms with E-state index in [4.69, 9.17) is 11.2 Å². The van der Waals surface area contributed by atoms with Crippen molar-refractivity contribution >= 4 is 534 Å². The molecule has 60 heteroatoms. The van der Waals surface area contributed by atoms with Gasteiger partial charge in [0.15, 0.2) is 0 Å². The van der Waals surface area contributed by atoms with Crippen LogP contribution < -0.4 is 0 Å². The summed E-state index contributed by atoms with van der Waals surface area (Å²) in [6, 6.07) is 0. The van der Waals surface area contributed by atoms with Crippen molar-refractivity contribution in [1.29, 1.82) is 0 Å². The average molecular weight is 1900 g/mol. The molecule has 0 saturated carbocycles. The van der Waals surface area contributed by atoms with E-state index in [-0.39, 0.29) is 0 Å². The molecule has 0 aliphatic heterocycles. The van der Waals surface area contributed by atoms with Crippen molar-refractivity contribution in [3.8, 4) is 0 Å². The average Bonchev–Trinajstić information content (AvgIpc) is 3.26. The van der Waals surface area contributed by atoms with Crippen molar-refractivity contribution < 1.29 is 0 Å². The van der Waals surface area contributed by atoms with Crippen molar-refractivity contribution in [2.45, 2.75) is 0 Å². The van der Waals surface area contributed by atoms with Gasteiger partial charge in [0.2, 0.25) is 0 Å². The van der Waals surface area contributed by atoms with E-state index < -0.39 is 0 Å². The van der Waals surface area contributed by atoms with Crippen molar-refractivity contribution in [1.82, 2.24) is 0 Å². The summed E-state index contributed by atoms with van der Waals surface area (Å²) in [4.78, 5) is 0. The smallest absolute Gasteiger partial charge is 0 e. The van der Waals surface area contributed by atoms with Crippen LogP contribution in [0.1, 0.15) is 0 Å². The minimum atomic E-state index is 1.37. The van der Waals surface area contributed by atoms with E-state index in [9.17, 15) is 0 Å². The van der Waals surface area contributed by atoms with E-state index in [2.05, 4.69) is 6.72 Å². The Bertz CT molecular complexity index is 4020. The van der Waals surface area contributed by atoms with Gasteiger partial charge in [-0.3, -0.25) is 0 Å². The Morgan fingerprint density at radius 3 is 0.300 bits per heavy atom. The van der Waals surface area contributed by atoms with Gasteiger partial charge in [0, 0.05) is 420 Å². The minimum Gasteiger partial charge on any atom is 0 e. The minimum absolute atomic E-state index is 1.37. The number of hydrogen-bond acceptors (Lipinski definition) is 1. The van der Waals surface area contributed by atoms with Gasteiger partial charge in [-0.15, -0.1) is 0 Å². The fourth-order valence-corrected chi connectivity index (χ4v) is 153. The summed E-state index contributed by atoms with van der Waals surface area (Å²) in [5.74, 6) is 0. The van der Waals surface area contributed by atoms with Crippen LogP contribution >= 0.6 is 0 Å². The maximum atomic E-state index is 4.82. The van der Waals surface area contributed by atoms with E-state index in [1.54, 1.807) is 98.6 Å². The Morgan fingerprint density at radius 1 is 0.133 bits per heavy atom. The third kappa shape index (κ3) is 71.0. The standard InChI is InChI=1S/BHS59/c1-3-5-7-9-11-13-15-17-19-21-23-25-27-29-31-33-35-37-39-41-43-45-47-49-51-53-55-57-59-60-58-56-54-52-50-48-46-44-42-40-38-36-34-32-30-28-26-24-22-20-18-16-14-12-10-8-6-4-2/h1H. The molecule has 0 fully saturated rings. The molecule has 0 spiro atoms. The number of rotatable bonds is 0. The van der Waals surface area contributed by atoms with Gasteiger partial charge in [-0.05, 0) is 0 Å². The summed E-state index contributed by atoms with van der Waals surface area (Å²) >= 11 is 4.82. The Kier molecular flexibility index (Phi) is 87.7. The Hall–Kier alpha value is 13.0. The summed E-state index contributed by atoms with van der Waals surface area (Å²) in [6.45, 7) is 3.73. The zero-order chi connectivity index (χ0) is 43.0. The second-order valence-corrected chi connectivity index (χ2v) is 106. The van der Waals surface area contributed by atoms with Gasteiger partial charge in [-0.2, -0.15) is 0 Å². The van der Waals surface area contributed by atoms with Crippen LogP contribution in [0.4, 0.5) is 0 Å². The Balaban J connectivity index is 6.11. The molecular formula is HBS59. The van der Waals surface area contributed by atoms with Crippen LogP contribution in [0.3, 0.4) is 0 Å². The van der Waals surface area contributed by atoms with Crippen molar-refractivity contribution in [2.24, 2.45) is 0 Å². The summed E-state index contributed by atoms with van der Waals surface area (Å²) in [6.07, 6.45) is 0. The second kappa shape index (κ2) is 72.0. The van der Waals surface area contributed by atoms with Gasteiger partial charge in [0.25, 0.3) is 0 Å². The van der Waals surface area contributed by atoms with Gasteiger partial charge in [0.1, 0.15) is 0 Å². The normalized spacial score (nSPS) is 7.78. The number of hydrogen-bond donors (Lipinski definition) is 0. The molecule has 0 nitrogen and oxygen atoms in total. The van der Waals surface area contributed by atoms with E-state index in [0.29, 0.717) is 0 Å². The molecule has 0 aromatic carbocycles. The summed E-state index contributed by atoms with van der Waals surface area (Å²) in [5, 5.41) is 0. The van der Waals surface area contributed by atoms with E-state index in [1.807, 2.05) is 409 Å². The molecule has 0 aliphatic rings. The molecule has 0 unspecified atom stereocenters. The third-order valence-corrected chi connectivity index (χ3v) is 127. The van der Waals surface area contributed by atoms with Crippen LogP contribution in [0.2, 0.25) is 0 Å². The Morgan fingerprint density at radius 2 is 0.217 bits per heavy atom. The zero-order valence-electron chi connectivity index (χ0n) is 24.8. The van der Waals surface area contributed by atoms with Crippen molar-refractivity contribution in [2.75, 3.05) is 0 Å². The molecule has 0 bridgehead atoms. The monoisotopic (exact) mass is 1900 g/mol. The first-order valence-corrected chi connectivity index (χ1v) is 87.9. The van der Waals surface area contributed by atoms with Crippen LogP contribution in [0.15, 0.2) is 0 Å². The van der Waals surface area contributed by atoms with E-state index >= 15 is 0 Å². The Labute approximate surface area is 517 Å². The van der Waals surface area contributed by atoms with E-state index in [1.165, 1.54) is 8.88 Å². The second-order valence-electron chi connectivity index (χ2n) is 4.00. The molecule has 0 aliphatic carbocycles. The van der Waals surface area contributed by atoms with Gasteiger partial charge < -0.3 is 0 Å². The summed E-state index contributed by atoms with van der Waals surface area (Å²) < 4.78 is 0. The molecule has 0 aromatic rings. The molecule has 0 rings (SSSR count). The molecule has 0 aromatic heterocycles. The predicted octanol–water partition coefficient (Wildman–Crippen LogP) is -0.790. The molecular weight excluding hydrogens is 1900 g/mol. The molecule has 60 heavy (non-hydrogen) atoms. The van der Waals surface area contributed by atoms with Crippen molar-refractivity contribution in [3.05, 3.63) is 0 Å². The topological polar surface area (TPSA) is 0 Å². The third-order valence-electron chi connectivity index (χ3n) is 1.60. The van der Waals surface area contributed by atoms with E-state index in [0.717, 1.165) is 0 Å². The molecule has 0 radical (unpaired) electrons. The fraction of sp³-hybridized carbons (Fsp3) is 0. The maximum absolute atomic E-state index is 4.82. The van der Waals surface area contributed by atoms with Gasteiger partial charge in [0.05, 0.1) is 0 Å². The van der Waals surface area contributed by atoms with Crippen molar-refractivity contribution in [3.63, 3.8) is 0 Å². The summed E-state index contributed by atoms with van der Waals surface area (Å²) in [5.41, 5.74) is 0. The van der Waals surface area contributed by atoms with Crippen LogP contribution in [0.5, 0.6) is 0 Å². The molecule has 0 amide bonds. The predicted molar refractivity (Wildman–Crippen MR) is 442 cm³/mol. The zero-order valence-corrected chi connectivity index (χ0v) is 73.0. The van der Waals surface area contributed by atoms with Crippen LogP contribution in [0, 0.1) is 0 Å². The SMILES string of the molecule is B=S=S=S=S=S=S=S=S=S=S=S=S=S=S=S=S=S=S=S=S=S=S=S=S=S=S=S=S=S=S=S=S=S=S=S=S=S=S=S=S=S=S=S=S=S=S=S=S=S=S=S=S=S=S=S=S=S=S=S. The molecule has 0 atom stereocenters. The summed E-state index contributed by atoms with van der Waals surface area (Å²) in [7, 11) is 104. The van der Waals surface area contributed by atoms with Crippen LogP contribution in [-0.2, 0) is 527 Å². The van der Waals surface area contributed by atoms with Crippen LogP contribution in [-0.4, -0.2) is 6.72 Å². The van der Waals surface area contributed by atoms with Gasteiger partial charge in [-0.1, -0.05) is 0 Å². The first kappa shape index (κ1) is 73.0. The fourth-order valence-electron chi connectivity index (χ4n) is 0.643. The first-order chi connectivity index (χ1) is 29.9. The van der Waals surface area contributed by atoms with Crippen LogP contribution in [0.25, 0.3) is 0 Å². The quantitative estimate of drug-likeness (QED) is 0.288. The van der Waals surface area contributed by atoms with Gasteiger partial charge >= 0.3 is 114 Å². The first-order valence-electron chi connectivity index (χ1n) is 9.96. The van der Waals surface area contributed by atoms with Gasteiger partial charge in [-0.25, -0.2) is 0 Å². The molecule has 0 N–H and O–H groups in total.